The summed E-state index contributed by atoms with van der Waals surface area (Å²) in [6.45, 7) is 16.2. The number of hydrogen-bond donors (Lipinski definition) is 0. The summed E-state index contributed by atoms with van der Waals surface area (Å²) in [5, 5.41) is 0. The number of hydrogen-bond acceptors (Lipinski definition) is 0. The monoisotopic (exact) mass is 637 g/mol. The number of fused-ring (bicyclic) bond motifs is 2. The van der Waals surface area contributed by atoms with Gasteiger partial charge in [-0.1, -0.05) is 0 Å². The fraction of sp³-hybridized carbons (Fsp3) is 0.353. The molecule has 0 aromatic heterocycles. The Bertz CT molecular complexity index is 1440. The molecule has 2 aliphatic rings. The molecule has 0 spiro atoms. The van der Waals surface area contributed by atoms with Gasteiger partial charge in [-0.15, -0.1) is 0 Å². The molecule has 0 heterocycles. The second kappa shape index (κ2) is 10.0. The zero-order chi connectivity index (χ0) is 27.5. The third-order valence-corrected chi connectivity index (χ3v) is 61.2. The first-order valence-corrected chi connectivity index (χ1v) is 30.5. The molecule has 0 radical (unpaired) electrons. The minimum absolute atomic E-state index is 0.131. The van der Waals surface area contributed by atoms with Crippen LogP contribution in [0, 0.1) is 0 Å². The van der Waals surface area contributed by atoms with Crippen LogP contribution in [0.2, 0.25) is 13.1 Å². The van der Waals surface area contributed by atoms with E-state index in [2.05, 4.69) is 127 Å². The van der Waals surface area contributed by atoms with Gasteiger partial charge >= 0.3 is 241 Å². The van der Waals surface area contributed by atoms with E-state index >= 15 is 0 Å². The molecule has 3 aromatic rings. The quantitative estimate of drug-likeness (QED) is 0.236. The number of halogens is 2. The first-order valence-electron chi connectivity index (χ1n) is 14.2. The van der Waals surface area contributed by atoms with Gasteiger partial charge in [0.1, 0.15) is 0 Å². The van der Waals surface area contributed by atoms with Crippen molar-refractivity contribution >= 4 is 35.1 Å². The summed E-state index contributed by atoms with van der Waals surface area (Å²) < 4.78 is 0.319. The van der Waals surface area contributed by atoms with Crippen LogP contribution in [0.25, 0.3) is 23.3 Å². The average Bonchev–Trinajstić information content (AvgIpc) is 3.51. The Kier molecular flexibility index (Phi) is 7.48. The van der Waals surface area contributed by atoms with E-state index in [0.29, 0.717) is 0 Å². The van der Waals surface area contributed by atoms with E-state index in [9.17, 15) is 0 Å². The van der Waals surface area contributed by atoms with Gasteiger partial charge in [-0.3, -0.25) is 0 Å². The van der Waals surface area contributed by atoms with Crippen LogP contribution in [0.3, 0.4) is 0 Å². The Balaban J connectivity index is 1.66. The molecule has 2 unspecified atom stereocenters. The molecule has 0 aliphatic heterocycles. The third-order valence-electron chi connectivity index (χ3n) is 9.27. The second-order valence-corrected chi connectivity index (χ2v) is 55.2. The van der Waals surface area contributed by atoms with E-state index in [1.54, 1.807) is 0 Å². The fourth-order valence-electron chi connectivity index (χ4n) is 6.89. The molecule has 0 amide bonds. The number of benzene rings is 3. The van der Waals surface area contributed by atoms with Crippen molar-refractivity contribution in [3.63, 3.8) is 0 Å². The van der Waals surface area contributed by atoms with Crippen molar-refractivity contribution in [2.75, 3.05) is 0 Å². The molecular formula is C34H41Cl2SiZr. The van der Waals surface area contributed by atoms with Crippen molar-refractivity contribution in [3.05, 3.63) is 106 Å². The number of aryl methyl sites for hydroxylation is 1. The van der Waals surface area contributed by atoms with E-state index < -0.39 is 21.5 Å². The number of allylic oxidation sites excluding steroid dienone is 2. The van der Waals surface area contributed by atoms with E-state index in [-0.39, 0.29) is 12.7 Å². The Labute approximate surface area is 239 Å². The Morgan fingerprint density at radius 1 is 0.816 bits per heavy atom. The van der Waals surface area contributed by atoms with Crippen molar-refractivity contribution < 1.29 is 15.6 Å². The van der Waals surface area contributed by atoms with Crippen LogP contribution in [0.15, 0.2) is 72.3 Å². The van der Waals surface area contributed by atoms with E-state index in [4.69, 9.17) is 17.0 Å². The summed E-state index contributed by atoms with van der Waals surface area (Å²) >= 11 is -4.53. The van der Waals surface area contributed by atoms with Gasteiger partial charge in [0.25, 0.3) is 0 Å². The summed E-state index contributed by atoms with van der Waals surface area (Å²) in [4.78, 5) is 0. The minimum atomic E-state index is -4.53. The van der Waals surface area contributed by atoms with Crippen molar-refractivity contribution in [3.8, 4) is 11.1 Å². The van der Waals surface area contributed by atoms with Crippen LogP contribution in [0.1, 0.15) is 81.7 Å². The number of rotatable bonds is 6. The summed E-state index contributed by atoms with van der Waals surface area (Å²) in [6, 6.07) is 22.7. The normalized spacial score (nSPS) is 19.7. The molecule has 0 bridgehead atoms. The van der Waals surface area contributed by atoms with Crippen LogP contribution in [0.5, 0.6) is 0 Å². The first-order chi connectivity index (χ1) is 17.9. The molecule has 0 nitrogen and oxygen atoms in total. The molecular weight excluding hydrogens is 599 g/mol. The standard InChI is InChI=1S/C19H19.C13H15.C2H7Si.2ClH.Zr/c1-19(2,3)16-12-10-15(11-13-16)18-9-5-7-14-6-4-8-17(14)18;1-3-10-8-12-7-5-6-11(4-2)13(12)9-10;1-3-2;;;/h4-13H,1-3H3;5-9H,3-4H2,1-2H3;3H,1-2H3;2*1H;/q;;;;;+2/p-2. The molecule has 4 heteroatoms. The topological polar surface area (TPSA) is 0 Å². The van der Waals surface area contributed by atoms with Crippen molar-refractivity contribution in [1.82, 2.24) is 0 Å². The van der Waals surface area contributed by atoms with Gasteiger partial charge in [0.15, 0.2) is 0 Å². The Hall–Kier alpha value is -1.18. The molecule has 2 aliphatic carbocycles. The van der Waals surface area contributed by atoms with Crippen LogP contribution >= 0.6 is 17.0 Å². The molecule has 0 saturated heterocycles. The van der Waals surface area contributed by atoms with Crippen LogP contribution in [-0.4, -0.2) is 5.92 Å². The average molecular weight is 640 g/mol. The van der Waals surface area contributed by atoms with Gasteiger partial charge in [0.2, 0.25) is 0 Å². The molecule has 38 heavy (non-hydrogen) atoms. The van der Waals surface area contributed by atoms with Gasteiger partial charge in [0, 0.05) is 0 Å². The summed E-state index contributed by atoms with van der Waals surface area (Å²) in [5.41, 5.74) is 12.3. The molecule has 0 saturated carbocycles. The predicted molar refractivity (Wildman–Crippen MR) is 170 cm³/mol. The van der Waals surface area contributed by atoms with Crippen LogP contribution in [0.4, 0.5) is 0 Å². The second-order valence-electron chi connectivity index (χ2n) is 12.6. The van der Waals surface area contributed by atoms with Gasteiger partial charge in [0.05, 0.1) is 0 Å². The molecule has 3 aromatic carbocycles. The molecule has 199 valence electrons. The summed E-state index contributed by atoms with van der Waals surface area (Å²) in [5.74, 6) is -1.48. The SMILES string of the molecule is CCC1=Cc2c(CC)cccc2[CH]1[Zr]([Cl])([Cl])([CH]1C=Cc2c(-c3ccc(C(C)(C)C)cc3)cccc21)[SiH](C)C. The zero-order valence-electron chi connectivity index (χ0n) is 23.9. The molecule has 0 N–H and O–H groups in total. The third kappa shape index (κ3) is 4.34. The molecule has 5 rings (SSSR count). The maximum atomic E-state index is 8.28. The predicted octanol–water partition coefficient (Wildman–Crippen LogP) is 10.8. The van der Waals surface area contributed by atoms with Gasteiger partial charge in [-0.05, 0) is 0 Å². The zero-order valence-corrected chi connectivity index (χ0v) is 29.0. The van der Waals surface area contributed by atoms with Gasteiger partial charge in [-0.25, -0.2) is 0 Å². The van der Waals surface area contributed by atoms with E-state index in [1.807, 2.05) is 0 Å². The molecule has 2 atom stereocenters. The fourth-order valence-corrected chi connectivity index (χ4v) is 36.5. The van der Waals surface area contributed by atoms with Crippen molar-refractivity contribution in [2.24, 2.45) is 0 Å². The van der Waals surface area contributed by atoms with Crippen LogP contribution in [-0.2, 0) is 27.4 Å². The summed E-state index contributed by atoms with van der Waals surface area (Å²) in [7, 11) is 16.6. The van der Waals surface area contributed by atoms with Crippen molar-refractivity contribution in [2.45, 2.75) is 73.2 Å². The van der Waals surface area contributed by atoms with Crippen LogP contribution < -0.4 is 0 Å². The van der Waals surface area contributed by atoms with Crippen molar-refractivity contribution in [1.29, 1.82) is 0 Å². The Morgan fingerprint density at radius 3 is 2.08 bits per heavy atom. The van der Waals surface area contributed by atoms with E-state index in [0.717, 1.165) is 12.8 Å². The maximum absolute atomic E-state index is 8.28. The van der Waals surface area contributed by atoms with Gasteiger partial charge < -0.3 is 0 Å². The summed E-state index contributed by atoms with van der Waals surface area (Å²) in [6.07, 6.45) is 9.19. The van der Waals surface area contributed by atoms with Gasteiger partial charge in [-0.2, -0.15) is 0 Å². The Morgan fingerprint density at radius 2 is 1.47 bits per heavy atom. The molecule has 0 fully saturated rings. The van der Waals surface area contributed by atoms with E-state index in [1.165, 1.54) is 50.1 Å². The first kappa shape index (κ1) is 28.4.